The normalized spacial score (nSPS) is 18.0. The van der Waals surface area contributed by atoms with E-state index in [4.69, 9.17) is 9.26 Å². The van der Waals surface area contributed by atoms with E-state index in [-0.39, 0.29) is 35.8 Å². The molecule has 1 N–H and O–H groups in total. The van der Waals surface area contributed by atoms with Gasteiger partial charge in [-0.15, -0.1) is 12.4 Å². The van der Waals surface area contributed by atoms with E-state index in [1.54, 1.807) is 6.07 Å². The highest BCUT2D eigenvalue weighted by Crippen LogP contribution is 2.33. The Morgan fingerprint density at radius 3 is 2.84 bits per heavy atom. The van der Waals surface area contributed by atoms with E-state index in [0.29, 0.717) is 11.4 Å². The minimum absolute atomic E-state index is 0. The lowest BCUT2D eigenvalue weighted by Crippen LogP contribution is -2.44. The van der Waals surface area contributed by atoms with Crippen molar-refractivity contribution in [1.29, 1.82) is 0 Å². The molecule has 2 heterocycles. The quantitative estimate of drug-likeness (QED) is 0.858. The van der Waals surface area contributed by atoms with Gasteiger partial charge in [0.1, 0.15) is 0 Å². The van der Waals surface area contributed by atoms with Crippen molar-refractivity contribution in [2.24, 2.45) is 0 Å². The van der Waals surface area contributed by atoms with Gasteiger partial charge in [0.15, 0.2) is 17.3 Å². The molecule has 10 heteroatoms. The highest BCUT2D eigenvalue weighted by Gasteiger charge is 2.25. The van der Waals surface area contributed by atoms with Crippen molar-refractivity contribution < 1.29 is 22.8 Å². The SMILES string of the molecule is COc1ccc(-c2nc(C3CNCCN3C)no2)cc1OC(F)F.Cl. The Hall–Kier alpha value is -1.97. The molecule has 1 aliphatic rings. The molecule has 1 fully saturated rings. The van der Waals surface area contributed by atoms with Crippen LogP contribution in [-0.4, -0.2) is 55.4 Å². The lowest BCUT2D eigenvalue weighted by molar-refractivity contribution is -0.0511. The lowest BCUT2D eigenvalue weighted by Gasteiger charge is -2.30. The molecule has 0 bridgehead atoms. The number of rotatable bonds is 5. The van der Waals surface area contributed by atoms with Crippen LogP contribution in [0.2, 0.25) is 0 Å². The summed E-state index contributed by atoms with van der Waals surface area (Å²) in [5.74, 6) is 0.911. The van der Waals surface area contributed by atoms with Crippen LogP contribution in [0.25, 0.3) is 11.5 Å². The Morgan fingerprint density at radius 2 is 2.16 bits per heavy atom. The molecule has 7 nitrogen and oxygen atoms in total. The van der Waals surface area contributed by atoms with Crippen LogP contribution in [0, 0.1) is 0 Å². The molecule has 2 aromatic rings. The van der Waals surface area contributed by atoms with Crippen molar-refractivity contribution in [3.05, 3.63) is 24.0 Å². The minimum Gasteiger partial charge on any atom is -0.493 e. The van der Waals surface area contributed by atoms with Gasteiger partial charge < -0.3 is 19.3 Å². The summed E-state index contributed by atoms with van der Waals surface area (Å²) >= 11 is 0. The van der Waals surface area contributed by atoms with Gasteiger partial charge in [0.2, 0.25) is 0 Å². The highest BCUT2D eigenvalue weighted by atomic mass is 35.5. The van der Waals surface area contributed by atoms with E-state index in [1.165, 1.54) is 19.2 Å². The van der Waals surface area contributed by atoms with E-state index in [0.717, 1.165) is 19.6 Å². The third-order valence-corrected chi connectivity index (χ3v) is 3.88. The Balaban J connectivity index is 0.00000225. The molecule has 0 saturated carbocycles. The number of methoxy groups -OCH3 is 1. The maximum atomic E-state index is 12.5. The maximum absolute atomic E-state index is 12.5. The van der Waals surface area contributed by atoms with Crippen molar-refractivity contribution in [2.45, 2.75) is 12.7 Å². The van der Waals surface area contributed by atoms with Crippen molar-refractivity contribution in [1.82, 2.24) is 20.4 Å². The molecular weight excluding hydrogens is 358 g/mol. The number of piperazine rings is 1. The summed E-state index contributed by atoms with van der Waals surface area (Å²) in [7, 11) is 3.37. The Bertz CT molecular complexity index is 701. The summed E-state index contributed by atoms with van der Waals surface area (Å²) in [6.07, 6.45) is 0. The van der Waals surface area contributed by atoms with Crippen LogP contribution in [0.5, 0.6) is 11.5 Å². The molecule has 1 aromatic carbocycles. The first-order valence-electron chi connectivity index (χ1n) is 7.46. The van der Waals surface area contributed by atoms with Crippen LogP contribution >= 0.6 is 12.4 Å². The fourth-order valence-corrected chi connectivity index (χ4v) is 2.58. The average Bonchev–Trinajstić information content (AvgIpc) is 3.04. The number of nitrogens with zero attached hydrogens (tertiary/aromatic N) is 3. The number of aromatic nitrogens is 2. The molecule has 138 valence electrons. The van der Waals surface area contributed by atoms with Crippen molar-refractivity contribution in [3.63, 3.8) is 0 Å². The van der Waals surface area contributed by atoms with Gasteiger partial charge >= 0.3 is 6.61 Å². The number of benzene rings is 1. The Labute approximate surface area is 149 Å². The van der Waals surface area contributed by atoms with E-state index >= 15 is 0 Å². The Kier molecular flexibility index (Phi) is 6.51. The average molecular weight is 377 g/mol. The number of nitrogens with one attached hydrogen (secondary N) is 1. The smallest absolute Gasteiger partial charge is 0.387 e. The van der Waals surface area contributed by atoms with Gasteiger partial charge in [0.25, 0.3) is 5.89 Å². The number of hydrogen-bond donors (Lipinski definition) is 1. The van der Waals surface area contributed by atoms with E-state index in [2.05, 4.69) is 25.1 Å². The summed E-state index contributed by atoms with van der Waals surface area (Å²) in [5.41, 5.74) is 0.483. The van der Waals surface area contributed by atoms with Gasteiger partial charge in [-0.3, -0.25) is 4.90 Å². The van der Waals surface area contributed by atoms with Gasteiger partial charge in [0, 0.05) is 25.2 Å². The van der Waals surface area contributed by atoms with Crippen LogP contribution in [0.1, 0.15) is 11.9 Å². The predicted molar refractivity (Wildman–Crippen MR) is 88.4 cm³/mol. The first kappa shape index (κ1) is 19.4. The predicted octanol–water partition coefficient (Wildman–Crippen LogP) is 2.34. The second-order valence-electron chi connectivity index (χ2n) is 5.40. The lowest BCUT2D eigenvalue weighted by atomic mass is 10.2. The van der Waals surface area contributed by atoms with E-state index < -0.39 is 6.61 Å². The van der Waals surface area contributed by atoms with Gasteiger partial charge in [-0.2, -0.15) is 13.8 Å². The number of hydrogen-bond acceptors (Lipinski definition) is 7. The van der Waals surface area contributed by atoms with Gasteiger partial charge in [-0.05, 0) is 25.2 Å². The van der Waals surface area contributed by atoms with Crippen LogP contribution in [0.15, 0.2) is 22.7 Å². The van der Waals surface area contributed by atoms with Crippen molar-refractivity contribution in [3.8, 4) is 23.0 Å². The largest absolute Gasteiger partial charge is 0.493 e. The minimum atomic E-state index is -2.95. The van der Waals surface area contributed by atoms with Crippen LogP contribution in [0.4, 0.5) is 8.78 Å². The van der Waals surface area contributed by atoms with Crippen molar-refractivity contribution in [2.75, 3.05) is 33.8 Å². The summed E-state index contributed by atoms with van der Waals surface area (Å²) in [4.78, 5) is 6.52. The molecule has 0 spiro atoms. The second kappa shape index (κ2) is 8.41. The molecular formula is C15H19ClF2N4O3. The summed E-state index contributed by atoms with van der Waals surface area (Å²) in [5, 5.41) is 7.29. The zero-order valence-corrected chi connectivity index (χ0v) is 14.6. The Morgan fingerprint density at radius 1 is 1.36 bits per heavy atom. The molecule has 1 atom stereocenters. The fourth-order valence-electron chi connectivity index (χ4n) is 2.58. The number of halogens is 3. The number of alkyl halides is 2. The fraction of sp³-hybridized carbons (Fsp3) is 0.467. The molecule has 1 aromatic heterocycles. The standard InChI is InChI=1S/C15H18F2N4O3.ClH/c1-21-6-5-18-8-10(21)13-19-14(24-20-13)9-3-4-11(22-2)12(7-9)23-15(16)17;/h3-4,7,10,15,18H,5-6,8H2,1-2H3;1H. The van der Waals surface area contributed by atoms with Gasteiger partial charge in [0.05, 0.1) is 13.2 Å². The second-order valence-corrected chi connectivity index (χ2v) is 5.40. The third kappa shape index (κ3) is 4.36. The molecule has 0 amide bonds. The maximum Gasteiger partial charge on any atom is 0.387 e. The van der Waals surface area contributed by atoms with Crippen molar-refractivity contribution >= 4 is 12.4 Å². The first-order valence-corrected chi connectivity index (χ1v) is 7.46. The van der Waals surface area contributed by atoms with Crippen LogP contribution in [0.3, 0.4) is 0 Å². The molecule has 1 unspecified atom stereocenters. The van der Waals surface area contributed by atoms with E-state index in [1.807, 2.05) is 7.05 Å². The first-order chi connectivity index (χ1) is 11.6. The zero-order valence-electron chi connectivity index (χ0n) is 13.7. The molecule has 3 rings (SSSR count). The molecule has 1 saturated heterocycles. The molecule has 0 aliphatic carbocycles. The summed E-state index contributed by atoms with van der Waals surface area (Å²) in [6.45, 7) is -0.444. The molecule has 1 aliphatic heterocycles. The number of ether oxygens (including phenoxy) is 2. The van der Waals surface area contributed by atoms with Gasteiger partial charge in [-0.25, -0.2) is 0 Å². The number of likely N-dealkylation sites (N-methyl/N-ethyl adjacent to an activating group) is 1. The zero-order chi connectivity index (χ0) is 17.1. The van der Waals surface area contributed by atoms with Gasteiger partial charge in [-0.1, -0.05) is 5.16 Å². The van der Waals surface area contributed by atoms with Crippen LogP contribution in [-0.2, 0) is 0 Å². The topological polar surface area (TPSA) is 72.7 Å². The van der Waals surface area contributed by atoms with E-state index in [9.17, 15) is 8.78 Å². The third-order valence-electron chi connectivity index (χ3n) is 3.88. The summed E-state index contributed by atoms with van der Waals surface area (Å²) in [6, 6.07) is 4.57. The van der Waals surface area contributed by atoms with Crippen LogP contribution < -0.4 is 14.8 Å². The highest BCUT2D eigenvalue weighted by molar-refractivity contribution is 5.85. The molecule has 25 heavy (non-hydrogen) atoms. The monoisotopic (exact) mass is 376 g/mol. The molecule has 0 radical (unpaired) electrons. The summed E-state index contributed by atoms with van der Waals surface area (Å²) < 4.78 is 39.8.